The Morgan fingerprint density at radius 1 is 1.38 bits per heavy atom. The zero-order valence-electron chi connectivity index (χ0n) is 8.60. The van der Waals surface area contributed by atoms with E-state index in [9.17, 15) is 0 Å². The number of rotatable bonds is 0. The lowest BCUT2D eigenvalue weighted by molar-refractivity contribution is 0.325. The molecule has 0 aromatic heterocycles. The molecule has 1 unspecified atom stereocenters. The molecule has 2 atom stereocenters. The highest BCUT2D eigenvalue weighted by Gasteiger charge is 2.32. The van der Waals surface area contributed by atoms with Crippen molar-refractivity contribution in [3.8, 4) is 0 Å². The maximum Gasteiger partial charge on any atom is 0.0687 e. The highest BCUT2D eigenvalue weighted by molar-refractivity contribution is 7.99. The summed E-state index contributed by atoms with van der Waals surface area (Å²) in [6.45, 7) is 5.79. The molecule has 2 saturated heterocycles. The zero-order valence-corrected chi connectivity index (χ0v) is 9.41. The normalized spacial score (nSPS) is 39.2. The van der Waals surface area contributed by atoms with E-state index in [0.29, 0.717) is 17.0 Å². The number of fused-ring (bicyclic) bond motifs is 1. The molecule has 0 saturated carbocycles. The molecule has 0 spiro atoms. The van der Waals surface area contributed by atoms with E-state index in [1.54, 1.807) is 0 Å². The Bertz CT molecular complexity index is 182. The van der Waals surface area contributed by atoms with Crippen molar-refractivity contribution in [3.63, 3.8) is 0 Å². The fraction of sp³-hybridized carbons (Fsp3) is 1.00. The van der Waals surface area contributed by atoms with Gasteiger partial charge in [0.05, 0.1) is 5.37 Å². The Morgan fingerprint density at radius 3 is 3.08 bits per heavy atom. The van der Waals surface area contributed by atoms with Crippen molar-refractivity contribution in [2.24, 2.45) is 0 Å². The van der Waals surface area contributed by atoms with Crippen LogP contribution < -0.4 is 10.6 Å². The molecule has 76 valence electrons. The third-order valence-corrected chi connectivity index (χ3v) is 4.37. The molecule has 2 rings (SSSR count). The van der Waals surface area contributed by atoms with Crippen LogP contribution in [0.2, 0.25) is 0 Å². The van der Waals surface area contributed by atoms with Gasteiger partial charge in [0.25, 0.3) is 0 Å². The van der Waals surface area contributed by atoms with E-state index in [1.807, 2.05) is 0 Å². The van der Waals surface area contributed by atoms with Gasteiger partial charge < -0.3 is 10.6 Å². The summed E-state index contributed by atoms with van der Waals surface area (Å²) in [5.74, 6) is 1.33. The minimum absolute atomic E-state index is 0.324. The maximum atomic E-state index is 3.77. The molecule has 2 N–H and O–H groups in total. The van der Waals surface area contributed by atoms with Crippen LogP contribution in [0.25, 0.3) is 0 Å². The van der Waals surface area contributed by atoms with Gasteiger partial charge in [-0.1, -0.05) is 0 Å². The number of thioether (sulfide) groups is 1. The van der Waals surface area contributed by atoms with Gasteiger partial charge in [0.15, 0.2) is 0 Å². The van der Waals surface area contributed by atoms with Crippen LogP contribution in [0.1, 0.15) is 33.1 Å². The van der Waals surface area contributed by atoms with Crippen LogP contribution in [-0.4, -0.2) is 29.3 Å². The van der Waals surface area contributed by atoms with Crippen molar-refractivity contribution in [1.29, 1.82) is 0 Å². The van der Waals surface area contributed by atoms with Gasteiger partial charge >= 0.3 is 0 Å². The van der Waals surface area contributed by atoms with E-state index in [2.05, 4.69) is 36.2 Å². The van der Waals surface area contributed by atoms with Gasteiger partial charge in [-0.3, -0.25) is 0 Å². The second kappa shape index (κ2) is 3.79. The summed E-state index contributed by atoms with van der Waals surface area (Å²) in [6, 6.07) is 0.691. The Hall–Kier alpha value is 0.270. The molecular formula is C10H20N2S. The van der Waals surface area contributed by atoms with Crippen molar-refractivity contribution in [1.82, 2.24) is 10.6 Å². The number of hydrogen-bond acceptors (Lipinski definition) is 3. The van der Waals surface area contributed by atoms with Crippen molar-refractivity contribution < 1.29 is 0 Å². The molecular weight excluding hydrogens is 180 g/mol. The van der Waals surface area contributed by atoms with Gasteiger partial charge in [-0.15, -0.1) is 11.8 Å². The first-order valence-corrected chi connectivity index (χ1v) is 6.35. The average Bonchev–Trinajstić information content (AvgIpc) is 2.21. The molecule has 13 heavy (non-hydrogen) atoms. The minimum atomic E-state index is 0.324. The minimum Gasteiger partial charge on any atom is -0.307 e. The summed E-state index contributed by atoms with van der Waals surface area (Å²) < 4.78 is 0. The second-order valence-electron chi connectivity index (χ2n) is 4.77. The van der Waals surface area contributed by atoms with E-state index in [-0.39, 0.29) is 0 Å². The third kappa shape index (κ3) is 2.39. The van der Waals surface area contributed by atoms with Crippen LogP contribution in [0, 0.1) is 0 Å². The Morgan fingerprint density at radius 2 is 2.23 bits per heavy atom. The Kier molecular flexibility index (Phi) is 2.86. The molecule has 2 nitrogen and oxygen atoms in total. The van der Waals surface area contributed by atoms with Crippen molar-refractivity contribution in [2.45, 2.75) is 50.1 Å². The summed E-state index contributed by atoms with van der Waals surface area (Å²) in [6.07, 6.45) is 3.95. The molecule has 2 heterocycles. The fourth-order valence-corrected chi connectivity index (χ4v) is 3.49. The van der Waals surface area contributed by atoms with E-state index in [1.165, 1.54) is 25.0 Å². The monoisotopic (exact) mass is 200 g/mol. The molecule has 0 aromatic rings. The van der Waals surface area contributed by atoms with Gasteiger partial charge in [-0.25, -0.2) is 0 Å². The lowest BCUT2D eigenvalue weighted by atomic mass is 9.99. The molecule has 2 aliphatic heterocycles. The topological polar surface area (TPSA) is 24.1 Å². The number of hydrogen-bond donors (Lipinski definition) is 2. The van der Waals surface area contributed by atoms with Crippen LogP contribution in [-0.2, 0) is 0 Å². The van der Waals surface area contributed by atoms with Crippen LogP contribution in [0.4, 0.5) is 0 Å². The molecule has 0 radical (unpaired) electrons. The average molecular weight is 200 g/mol. The summed E-state index contributed by atoms with van der Waals surface area (Å²) >= 11 is 2.09. The third-order valence-electron chi connectivity index (χ3n) is 2.99. The van der Waals surface area contributed by atoms with Gasteiger partial charge in [0.1, 0.15) is 0 Å². The highest BCUT2D eigenvalue weighted by atomic mass is 32.2. The van der Waals surface area contributed by atoms with E-state index in [4.69, 9.17) is 0 Å². The zero-order chi connectivity index (χ0) is 9.31. The smallest absolute Gasteiger partial charge is 0.0687 e. The van der Waals surface area contributed by atoms with E-state index < -0.39 is 0 Å². The van der Waals surface area contributed by atoms with Crippen LogP contribution in [0.5, 0.6) is 0 Å². The molecule has 0 bridgehead atoms. The first kappa shape index (κ1) is 9.81. The first-order chi connectivity index (χ1) is 6.17. The lowest BCUT2D eigenvalue weighted by Gasteiger charge is -2.34. The lowest BCUT2D eigenvalue weighted by Crippen LogP contribution is -2.51. The van der Waals surface area contributed by atoms with Crippen molar-refractivity contribution in [3.05, 3.63) is 0 Å². The van der Waals surface area contributed by atoms with Gasteiger partial charge in [0.2, 0.25) is 0 Å². The standard InChI is InChI=1S/C10H20N2S/c1-10(2)5-6-11-9-8(12-10)4-3-7-13-9/h8-9,11-12H,3-7H2,1-2H3/t8-,9?/m1/s1. The van der Waals surface area contributed by atoms with Gasteiger partial charge in [0, 0.05) is 11.6 Å². The fourth-order valence-electron chi connectivity index (χ4n) is 2.23. The van der Waals surface area contributed by atoms with E-state index in [0.717, 1.165) is 6.54 Å². The predicted octanol–water partition coefficient (Wildman–Crippen LogP) is 1.57. The quantitative estimate of drug-likeness (QED) is 0.621. The maximum absolute atomic E-state index is 3.77. The van der Waals surface area contributed by atoms with E-state index >= 15 is 0 Å². The van der Waals surface area contributed by atoms with Gasteiger partial charge in [-0.2, -0.15) is 0 Å². The summed E-state index contributed by atoms with van der Waals surface area (Å²) in [7, 11) is 0. The Balaban J connectivity index is 2.03. The molecule has 0 aromatic carbocycles. The SMILES string of the molecule is CC1(C)CCNC2SCCC[C@H]2N1. The van der Waals surface area contributed by atoms with Crippen molar-refractivity contribution >= 4 is 11.8 Å². The van der Waals surface area contributed by atoms with Crippen molar-refractivity contribution in [2.75, 3.05) is 12.3 Å². The summed E-state index contributed by atoms with van der Waals surface area (Å²) in [5, 5.41) is 8.08. The molecule has 2 fully saturated rings. The second-order valence-corrected chi connectivity index (χ2v) is 6.02. The Labute approximate surface area is 85.2 Å². The highest BCUT2D eigenvalue weighted by Crippen LogP contribution is 2.27. The molecule has 0 amide bonds. The first-order valence-electron chi connectivity index (χ1n) is 5.30. The van der Waals surface area contributed by atoms with Crippen LogP contribution in [0.3, 0.4) is 0 Å². The van der Waals surface area contributed by atoms with Crippen LogP contribution in [0.15, 0.2) is 0 Å². The molecule has 3 heteroatoms. The number of nitrogens with one attached hydrogen (secondary N) is 2. The molecule has 2 aliphatic rings. The molecule has 0 aliphatic carbocycles. The van der Waals surface area contributed by atoms with Gasteiger partial charge in [-0.05, 0) is 45.4 Å². The predicted molar refractivity (Wildman–Crippen MR) is 59.1 cm³/mol. The largest absolute Gasteiger partial charge is 0.307 e. The summed E-state index contributed by atoms with van der Waals surface area (Å²) in [4.78, 5) is 0. The van der Waals surface area contributed by atoms with Crippen LogP contribution >= 0.6 is 11.8 Å². The summed E-state index contributed by atoms with van der Waals surface area (Å²) in [5.41, 5.74) is 0.324.